The van der Waals surface area contributed by atoms with E-state index in [9.17, 15) is 19.2 Å². The zero-order chi connectivity index (χ0) is 24.6. The van der Waals surface area contributed by atoms with Gasteiger partial charge in [0.1, 0.15) is 11.9 Å². The number of aromatic nitrogens is 3. The van der Waals surface area contributed by atoms with Crippen molar-refractivity contribution in [1.29, 1.82) is 0 Å². The summed E-state index contributed by atoms with van der Waals surface area (Å²) in [7, 11) is 1.56. The molecule has 2 aromatic heterocycles. The Morgan fingerprint density at radius 2 is 1.64 bits per heavy atom. The Bertz CT molecular complexity index is 1180. The van der Waals surface area contributed by atoms with Crippen molar-refractivity contribution >= 4 is 28.5 Å². The van der Waals surface area contributed by atoms with Gasteiger partial charge in [0.05, 0.1) is 5.69 Å². The molecule has 1 aliphatic heterocycles. The quantitative estimate of drug-likeness (QED) is 0.654. The van der Waals surface area contributed by atoms with E-state index in [4.69, 9.17) is 0 Å². The third kappa shape index (κ3) is 4.51. The zero-order valence-electron chi connectivity index (χ0n) is 20.6. The van der Waals surface area contributed by atoms with Crippen LogP contribution in [0.25, 0.3) is 11.0 Å². The van der Waals surface area contributed by atoms with Gasteiger partial charge in [-0.15, -0.1) is 0 Å². The van der Waals surface area contributed by atoms with Crippen molar-refractivity contribution in [2.45, 2.75) is 60.2 Å². The van der Waals surface area contributed by atoms with Crippen molar-refractivity contribution in [2.75, 3.05) is 31.1 Å². The summed E-state index contributed by atoms with van der Waals surface area (Å²) in [5, 5.41) is 0.321. The number of anilines is 1. The second kappa shape index (κ2) is 9.36. The third-order valence-electron chi connectivity index (χ3n) is 6.24. The van der Waals surface area contributed by atoms with Crippen LogP contribution in [0.2, 0.25) is 0 Å². The SMILES string of the molecule is CC(=O)N1CCN(c2c(C)cnc3c2c(=O)n(CC(=O)N(C(C)C)C(C)C)c(=O)n3C)CC1. The number of carbonyl (C=O) groups is 2. The van der Waals surface area contributed by atoms with Gasteiger partial charge in [-0.3, -0.25) is 23.5 Å². The van der Waals surface area contributed by atoms with Crippen molar-refractivity contribution in [2.24, 2.45) is 7.05 Å². The molecular formula is C23H34N6O4. The molecule has 0 aliphatic carbocycles. The van der Waals surface area contributed by atoms with E-state index < -0.39 is 11.2 Å². The fourth-order valence-electron chi connectivity index (χ4n) is 4.71. The smallest absolute Gasteiger partial charge is 0.332 e. The molecule has 0 aromatic carbocycles. The Hall–Kier alpha value is -3.17. The van der Waals surface area contributed by atoms with Gasteiger partial charge in [0.2, 0.25) is 11.8 Å². The summed E-state index contributed by atoms with van der Waals surface area (Å²) in [6.07, 6.45) is 1.66. The maximum Gasteiger partial charge on any atom is 0.332 e. The average Bonchev–Trinajstić information content (AvgIpc) is 2.74. The fraction of sp³-hybridized carbons (Fsp3) is 0.609. The van der Waals surface area contributed by atoms with E-state index in [-0.39, 0.29) is 36.1 Å². The van der Waals surface area contributed by atoms with Gasteiger partial charge in [0.15, 0.2) is 5.65 Å². The van der Waals surface area contributed by atoms with Crippen molar-refractivity contribution in [3.05, 3.63) is 32.6 Å². The molecule has 0 atom stereocenters. The lowest BCUT2D eigenvalue weighted by Gasteiger charge is -2.36. The first kappa shape index (κ1) is 24.5. The van der Waals surface area contributed by atoms with Crippen LogP contribution >= 0.6 is 0 Å². The molecule has 0 N–H and O–H groups in total. The normalized spacial score (nSPS) is 14.5. The molecule has 2 amide bonds. The van der Waals surface area contributed by atoms with Crippen LogP contribution in [0.3, 0.4) is 0 Å². The van der Waals surface area contributed by atoms with Crippen LogP contribution in [-0.4, -0.2) is 74.0 Å². The number of piperazine rings is 1. The molecule has 0 spiro atoms. The highest BCUT2D eigenvalue weighted by Crippen LogP contribution is 2.27. The monoisotopic (exact) mass is 458 g/mol. The van der Waals surface area contributed by atoms with Crippen LogP contribution in [0.1, 0.15) is 40.2 Å². The number of hydrogen-bond acceptors (Lipinski definition) is 6. The minimum Gasteiger partial charge on any atom is -0.367 e. The molecule has 1 fully saturated rings. The standard InChI is InChI=1S/C23H34N6O4/c1-14(2)29(15(3)4)18(31)13-28-22(32)19-20(27-10-8-26(9-11-27)17(6)30)16(5)12-24-21(19)25(7)23(28)33/h12,14-15H,8-11,13H2,1-7H3. The molecule has 2 aromatic rings. The Morgan fingerprint density at radius 1 is 1.06 bits per heavy atom. The summed E-state index contributed by atoms with van der Waals surface area (Å²) in [6.45, 7) is 13.0. The summed E-state index contributed by atoms with van der Waals surface area (Å²) < 4.78 is 2.34. The molecule has 0 bridgehead atoms. The Kier molecular flexibility index (Phi) is 6.94. The lowest BCUT2D eigenvalue weighted by molar-refractivity contribution is -0.135. The number of amides is 2. The maximum absolute atomic E-state index is 13.6. The molecule has 3 rings (SSSR count). The summed E-state index contributed by atoms with van der Waals surface area (Å²) in [5.74, 6) is -0.259. The van der Waals surface area contributed by atoms with Gasteiger partial charge in [-0.25, -0.2) is 9.78 Å². The Labute approximate surface area is 193 Å². The van der Waals surface area contributed by atoms with Gasteiger partial charge in [0, 0.05) is 58.4 Å². The van der Waals surface area contributed by atoms with E-state index in [0.29, 0.717) is 37.3 Å². The maximum atomic E-state index is 13.6. The third-order valence-corrected chi connectivity index (χ3v) is 6.24. The van der Waals surface area contributed by atoms with Crippen LogP contribution in [0, 0.1) is 6.92 Å². The van der Waals surface area contributed by atoms with E-state index >= 15 is 0 Å². The number of fused-ring (bicyclic) bond motifs is 1. The molecule has 0 radical (unpaired) electrons. The first-order chi connectivity index (χ1) is 15.5. The fourth-order valence-corrected chi connectivity index (χ4v) is 4.71. The van der Waals surface area contributed by atoms with E-state index in [0.717, 1.165) is 10.1 Å². The molecule has 10 nitrogen and oxygen atoms in total. The highest BCUT2D eigenvalue weighted by Gasteiger charge is 2.27. The van der Waals surface area contributed by atoms with E-state index in [2.05, 4.69) is 9.88 Å². The van der Waals surface area contributed by atoms with Gasteiger partial charge >= 0.3 is 5.69 Å². The summed E-state index contributed by atoms with van der Waals surface area (Å²) in [6, 6.07) is -0.121. The van der Waals surface area contributed by atoms with Gasteiger partial charge < -0.3 is 14.7 Å². The largest absolute Gasteiger partial charge is 0.367 e. The highest BCUT2D eigenvalue weighted by molar-refractivity contribution is 5.91. The predicted octanol–water partition coefficient (Wildman–Crippen LogP) is 0.718. The van der Waals surface area contributed by atoms with Gasteiger partial charge in [-0.1, -0.05) is 0 Å². The van der Waals surface area contributed by atoms with E-state index in [1.807, 2.05) is 34.6 Å². The molecule has 0 unspecified atom stereocenters. The van der Waals surface area contributed by atoms with Crippen molar-refractivity contribution < 1.29 is 9.59 Å². The van der Waals surface area contributed by atoms with Crippen LogP contribution in [0.4, 0.5) is 5.69 Å². The van der Waals surface area contributed by atoms with E-state index in [1.165, 1.54) is 4.57 Å². The van der Waals surface area contributed by atoms with Crippen molar-refractivity contribution in [1.82, 2.24) is 23.9 Å². The van der Waals surface area contributed by atoms with Crippen LogP contribution < -0.4 is 16.1 Å². The lowest BCUT2D eigenvalue weighted by Crippen LogP contribution is -2.50. The van der Waals surface area contributed by atoms with E-state index in [1.54, 1.807) is 30.0 Å². The summed E-state index contributed by atoms with van der Waals surface area (Å²) >= 11 is 0. The number of pyridine rings is 1. The molecule has 1 saturated heterocycles. The van der Waals surface area contributed by atoms with Gasteiger partial charge in [-0.2, -0.15) is 0 Å². The van der Waals surface area contributed by atoms with Gasteiger partial charge in [0.25, 0.3) is 5.56 Å². The van der Waals surface area contributed by atoms with Crippen molar-refractivity contribution in [3.8, 4) is 0 Å². The predicted molar refractivity (Wildman–Crippen MR) is 128 cm³/mol. The second-order valence-electron chi connectivity index (χ2n) is 9.20. The number of hydrogen-bond donors (Lipinski definition) is 0. The minimum atomic E-state index is -0.572. The topological polar surface area (TPSA) is 101 Å². The summed E-state index contributed by atoms with van der Waals surface area (Å²) in [4.78, 5) is 61.3. The molecular weight excluding hydrogens is 424 g/mol. The molecule has 33 heavy (non-hydrogen) atoms. The first-order valence-corrected chi connectivity index (χ1v) is 11.4. The molecule has 0 saturated carbocycles. The van der Waals surface area contributed by atoms with Crippen LogP contribution in [0.5, 0.6) is 0 Å². The first-order valence-electron chi connectivity index (χ1n) is 11.4. The Balaban J connectivity index is 2.14. The second-order valence-corrected chi connectivity index (χ2v) is 9.20. The number of nitrogens with zero attached hydrogens (tertiary/aromatic N) is 6. The summed E-state index contributed by atoms with van der Waals surface area (Å²) in [5.41, 5.74) is 0.701. The number of carbonyl (C=O) groups excluding carboxylic acids is 2. The number of rotatable bonds is 5. The molecule has 10 heteroatoms. The van der Waals surface area contributed by atoms with Crippen molar-refractivity contribution in [3.63, 3.8) is 0 Å². The highest BCUT2D eigenvalue weighted by atomic mass is 16.2. The average molecular weight is 459 g/mol. The number of aryl methyl sites for hydroxylation is 2. The van der Waals surface area contributed by atoms with Gasteiger partial charge in [-0.05, 0) is 40.2 Å². The Morgan fingerprint density at radius 3 is 2.15 bits per heavy atom. The molecule has 180 valence electrons. The zero-order valence-corrected chi connectivity index (χ0v) is 20.6. The molecule has 3 heterocycles. The lowest BCUT2D eigenvalue weighted by atomic mass is 10.1. The van der Waals surface area contributed by atoms with Crippen LogP contribution in [0.15, 0.2) is 15.8 Å². The minimum absolute atomic E-state index is 0.0223. The molecule has 1 aliphatic rings. The van der Waals surface area contributed by atoms with Crippen LogP contribution in [-0.2, 0) is 23.2 Å².